The molecule has 1 heterocycles. The zero-order chi connectivity index (χ0) is 17.1. The number of anilines is 1. The fourth-order valence-corrected chi connectivity index (χ4v) is 2.76. The van der Waals surface area contributed by atoms with Crippen LogP contribution in [-0.2, 0) is 17.8 Å². The molecule has 0 saturated heterocycles. The van der Waals surface area contributed by atoms with Crippen LogP contribution in [0.5, 0.6) is 0 Å². The number of hydrogen-bond donors (Lipinski definition) is 1. The minimum Gasteiger partial charge on any atom is -0.330 e. The highest BCUT2D eigenvalue weighted by atomic mass is 16.1. The number of amides is 1. The van der Waals surface area contributed by atoms with Crippen molar-refractivity contribution in [2.24, 2.45) is 0 Å². The highest BCUT2D eigenvalue weighted by molar-refractivity contribution is 5.90. The topological polar surface area (TPSA) is 46.9 Å². The fourth-order valence-electron chi connectivity index (χ4n) is 2.76. The molecule has 0 spiro atoms. The first-order valence-electron chi connectivity index (χ1n) is 8.37. The van der Waals surface area contributed by atoms with Gasteiger partial charge in [-0.1, -0.05) is 19.1 Å². The molecular formula is C20H23N3O. The van der Waals surface area contributed by atoms with Crippen LogP contribution in [0.4, 0.5) is 5.69 Å². The zero-order valence-electron chi connectivity index (χ0n) is 14.5. The van der Waals surface area contributed by atoms with Gasteiger partial charge in [0.15, 0.2) is 0 Å². The maximum Gasteiger partial charge on any atom is 0.226 e. The van der Waals surface area contributed by atoms with E-state index < -0.39 is 0 Å². The Hall–Kier alpha value is -2.62. The van der Waals surface area contributed by atoms with Crippen LogP contribution < -0.4 is 5.32 Å². The molecule has 0 aliphatic carbocycles. The van der Waals surface area contributed by atoms with E-state index in [0.717, 1.165) is 23.1 Å². The molecule has 3 rings (SSSR count). The molecule has 1 N–H and O–H groups in total. The Morgan fingerprint density at radius 2 is 1.83 bits per heavy atom. The van der Waals surface area contributed by atoms with Gasteiger partial charge >= 0.3 is 0 Å². The lowest BCUT2D eigenvalue weighted by atomic mass is 10.1. The van der Waals surface area contributed by atoms with Gasteiger partial charge in [-0.25, -0.2) is 4.98 Å². The van der Waals surface area contributed by atoms with Crippen molar-refractivity contribution in [2.75, 3.05) is 5.32 Å². The summed E-state index contributed by atoms with van der Waals surface area (Å²) in [6.45, 7) is 6.92. The molecule has 2 aromatic carbocycles. The first-order chi connectivity index (χ1) is 11.6. The Morgan fingerprint density at radius 1 is 1.12 bits per heavy atom. The number of imidazole rings is 1. The Morgan fingerprint density at radius 3 is 2.54 bits per heavy atom. The highest BCUT2D eigenvalue weighted by Gasteiger charge is 2.08. The van der Waals surface area contributed by atoms with Gasteiger partial charge in [0.05, 0.1) is 17.4 Å². The van der Waals surface area contributed by atoms with Crippen LogP contribution in [0.15, 0.2) is 42.7 Å². The highest BCUT2D eigenvalue weighted by Crippen LogP contribution is 2.19. The number of benzene rings is 2. The third kappa shape index (κ3) is 3.48. The maximum absolute atomic E-state index is 12.2. The number of nitrogens with one attached hydrogen (secondary N) is 1. The van der Waals surface area contributed by atoms with Crippen LogP contribution in [0.25, 0.3) is 11.0 Å². The SMILES string of the molecule is CCc1ccc(NC(=O)CCn2cnc3cc(C)c(C)cc32)cc1. The molecule has 0 aliphatic heterocycles. The normalized spacial score (nSPS) is 11.0. The predicted molar refractivity (Wildman–Crippen MR) is 98.3 cm³/mol. The Kier molecular flexibility index (Phi) is 4.65. The van der Waals surface area contributed by atoms with Gasteiger partial charge in [-0.05, 0) is 61.2 Å². The summed E-state index contributed by atoms with van der Waals surface area (Å²) in [7, 11) is 0. The summed E-state index contributed by atoms with van der Waals surface area (Å²) < 4.78 is 2.04. The molecule has 0 aliphatic rings. The molecular weight excluding hydrogens is 298 g/mol. The molecule has 0 radical (unpaired) electrons. The van der Waals surface area contributed by atoms with E-state index in [4.69, 9.17) is 0 Å². The van der Waals surface area contributed by atoms with E-state index in [1.54, 1.807) is 0 Å². The summed E-state index contributed by atoms with van der Waals surface area (Å²) in [6, 6.07) is 12.2. The van der Waals surface area contributed by atoms with Crippen molar-refractivity contribution in [3.8, 4) is 0 Å². The second kappa shape index (κ2) is 6.87. The van der Waals surface area contributed by atoms with Gasteiger partial charge in [0.25, 0.3) is 0 Å². The molecule has 24 heavy (non-hydrogen) atoms. The minimum absolute atomic E-state index is 0.0185. The average Bonchev–Trinajstić information content (AvgIpc) is 2.96. The standard InChI is InChI=1S/C20H23N3O/c1-4-16-5-7-17(8-6-16)22-20(24)9-10-23-13-21-18-11-14(2)15(3)12-19(18)23/h5-8,11-13H,4,9-10H2,1-3H3,(H,22,24). The van der Waals surface area contributed by atoms with E-state index in [9.17, 15) is 4.79 Å². The number of aryl methyl sites for hydroxylation is 4. The largest absolute Gasteiger partial charge is 0.330 e. The molecule has 1 amide bonds. The molecule has 0 bridgehead atoms. The fraction of sp³-hybridized carbons (Fsp3) is 0.300. The number of fused-ring (bicyclic) bond motifs is 1. The van der Waals surface area contributed by atoms with Crippen LogP contribution >= 0.6 is 0 Å². The Labute approximate surface area is 142 Å². The van der Waals surface area contributed by atoms with E-state index in [-0.39, 0.29) is 5.91 Å². The summed E-state index contributed by atoms with van der Waals surface area (Å²) in [5.74, 6) is 0.0185. The number of carbonyl (C=O) groups excluding carboxylic acids is 1. The number of rotatable bonds is 5. The molecule has 0 saturated carbocycles. The molecule has 4 nitrogen and oxygen atoms in total. The van der Waals surface area contributed by atoms with Crippen molar-refractivity contribution >= 4 is 22.6 Å². The average molecular weight is 321 g/mol. The third-order valence-electron chi connectivity index (χ3n) is 4.46. The number of carbonyl (C=O) groups is 1. The van der Waals surface area contributed by atoms with Gasteiger partial charge in [-0.2, -0.15) is 0 Å². The van der Waals surface area contributed by atoms with Crippen LogP contribution in [-0.4, -0.2) is 15.5 Å². The van der Waals surface area contributed by atoms with E-state index in [2.05, 4.69) is 43.2 Å². The van der Waals surface area contributed by atoms with Gasteiger partial charge in [0.1, 0.15) is 0 Å². The molecule has 0 fully saturated rings. The first-order valence-corrected chi connectivity index (χ1v) is 8.37. The predicted octanol–water partition coefficient (Wildman–Crippen LogP) is 4.24. The Balaban J connectivity index is 1.64. The molecule has 0 atom stereocenters. The lowest BCUT2D eigenvalue weighted by molar-refractivity contribution is -0.116. The van der Waals surface area contributed by atoms with E-state index in [1.165, 1.54) is 16.7 Å². The van der Waals surface area contributed by atoms with Gasteiger partial charge in [0, 0.05) is 18.7 Å². The Bertz CT molecular complexity index is 862. The quantitative estimate of drug-likeness (QED) is 0.764. The molecule has 124 valence electrons. The van der Waals surface area contributed by atoms with Crippen molar-refractivity contribution in [3.63, 3.8) is 0 Å². The number of hydrogen-bond acceptors (Lipinski definition) is 2. The van der Waals surface area contributed by atoms with Crippen molar-refractivity contribution in [3.05, 3.63) is 59.4 Å². The smallest absolute Gasteiger partial charge is 0.226 e. The third-order valence-corrected chi connectivity index (χ3v) is 4.46. The summed E-state index contributed by atoms with van der Waals surface area (Å²) >= 11 is 0. The van der Waals surface area contributed by atoms with E-state index >= 15 is 0 Å². The van der Waals surface area contributed by atoms with E-state index in [1.807, 2.05) is 35.2 Å². The number of nitrogens with zero attached hydrogens (tertiary/aromatic N) is 2. The van der Waals surface area contributed by atoms with Crippen LogP contribution in [0.3, 0.4) is 0 Å². The summed E-state index contributed by atoms with van der Waals surface area (Å²) in [6.07, 6.45) is 3.24. The van der Waals surface area contributed by atoms with Crippen LogP contribution in [0.2, 0.25) is 0 Å². The molecule has 3 aromatic rings. The monoisotopic (exact) mass is 321 g/mol. The molecule has 1 aromatic heterocycles. The van der Waals surface area contributed by atoms with Gasteiger partial charge in [0.2, 0.25) is 5.91 Å². The van der Waals surface area contributed by atoms with Crippen LogP contribution in [0.1, 0.15) is 30.0 Å². The van der Waals surface area contributed by atoms with Gasteiger partial charge in [-0.15, -0.1) is 0 Å². The maximum atomic E-state index is 12.2. The lowest BCUT2D eigenvalue weighted by Crippen LogP contribution is -2.14. The zero-order valence-corrected chi connectivity index (χ0v) is 14.5. The summed E-state index contributed by atoms with van der Waals surface area (Å²) in [4.78, 5) is 16.6. The van der Waals surface area contributed by atoms with Crippen molar-refractivity contribution < 1.29 is 4.79 Å². The second-order valence-electron chi connectivity index (χ2n) is 6.21. The molecule has 4 heteroatoms. The second-order valence-corrected chi connectivity index (χ2v) is 6.21. The first kappa shape index (κ1) is 16.2. The van der Waals surface area contributed by atoms with E-state index in [0.29, 0.717) is 13.0 Å². The van der Waals surface area contributed by atoms with Crippen molar-refractivity contribution in [1.29, 1.82) is 0 Å². The number of aromatic nitrogens is 2. The van der Waals surface area contributed by atoms with Crippen molar-refractivity contribution in [2.45, 2.75) is 40.2 Å². The van der Waals surface area contributed by atoms with Gasteiger partial charge < -0.3 is 9.88 Å². The molecule has 0 unspecified atom stereocenters. The van der Waals surface area contributed by atoms with Crippen LogP contribution in [0, 0.1) is 13.8 Å². The van der Waals surface area contributed by atoms with Gasteiger partial charge in [-0.3, -0.25) is 4.79 Å². The summed E-state index contributed by atoms with van der Waals surface area (Å²) in [5, 5.41) is 2.95. The van der Waals surface area contributed by atoms with Crippen molar-refractivity contribution in [1.82, 2.24) is 9.55 Å². The summed E-state index contributed by atoms with van der Waals surface area (Å²) in [5.41, 5.74) is 6.65. The lowest BCUT2D eigenvalue weighted by Gasteiger charge is -2.08. The minimum atomic E-state index is 0.0185.